The summed E-state index contributed by atoms with van der Waals surface area (Å²) in [6.45, 7) is 5.36. The number of nitrogens with one attached hydrogen (secondary N) is 2. The van der Waals surface area contributed by atoms with Gasteiger partial charge in [0, 0.05) is 64.6 Å². The molecule has 42 heavy (non-hydrogen) atoms. The molecule has 2 N–H and O–H groups in total. The van der Waals surface area contributed by atoms with E-state index in [9.17, 15) is 14.4 Å². The van der Waals surface area contributed by atoms with E-state index >= 15 is 0 Å². The van der Waals surface area contributed by atoms with Crippen LogP contribution in [0.5, 0.6) is 0 Å². The largest absolute Gasteiger partial charge is 0.446 e. The van der Waals surface area contributed by atoms with Gasteiger partial charge in [-0.15, -0.1) is 0 Å². The van der Waals surface area contributed by atoms with Gasteiger partial charge in [-0.05, 0) is 36.1 Å². The lowest BCUT2D eigenvalue weighted by Crippen LogP contribution is -2.47. The molecule has 5 rings (SSSR count). The number of carbonyl (C=O) groups excluding carboxylic acids is 3. The number of hydrogen-bond donors (Lipinski definition) is 2. The fourth-order valence-corrected chi connectivity index (χ4v) is 5.32. The van der Waals surface area contributed by atoms with Gasteiger partial charge in [-0.25, -0.2) is 4.79 Å². The molecule has 2 saturated heterocycles. The van der Waals surface area contributed by atoms with Gasteiger partial charge in [0.05, 0.1) is 12.2 Å². The van der Waals surface area contributed by atoms with Crippen molar-refractivity contribution in [3.05, 3.63) is 84.2 Å². The first-order chi connectivity index (χ1) is 20.4. The van der Waals surface area contributed by atoms with Crippen molar-refractivity contribution in [3.8, 4) is 11.1 Å². The Morgan fingerprint density at radius 2 is 1.76 bits per heavy atom. The molecule has 2 aliphatic rings. The third-order valence-corrected chi connectivity index (χ3v) is 7.72. The molecular formula is C32H38N6O4. The Morgan fingerprint density at radius 3 is 2.50 bits per heavy atom. The van der Waals surface area contributed by atoms with Crippen LogP contribution in [0, 0.1) is 0 Å². The second kappa shape index (κ2) is 14.1. The number of rotatable bonds is 9. The van der Waals surface area contributed by atoms with Gasteiger partial charge in [-0.3, -0.25) is 24.8 Å². The van der Waals surface area contributed by atoms with Crippen molar-refractivity contribution < 1.29 is 19.1 Å². The smallest absolute Gasteiger partial charge is 0.411 e. The molecule has 0 spiro atoms. The van der Waals surface area contributed by atoms with Gasteiger partial charge in [0.2, 0.25) is 5.91 Å². The fourth-order valence-electron chi connectivity index (χ4n) is 5.32. The van der Waals surface area contributed by atoms with Crippen molar-refractivity contribution in [1.29, 1.82) is 0 Å². The number of hydrogen-bond acceptors (Lipinski definition) is 7. The molecule has 2 aromatic carbocycles. The number of benzene rings is 2. The molecule has 10 nitrogen and oxygen atoms in total. The number of carbonyl (C=O) groups is 3. The molecule has 0 aliphatic carbocycles. The number of likely N-dealkylation sites (N-methyl/N-ethyl adjacent to an activating group) is 1. The average Bonchev–Trinajstić information content (AvgIpc) is 3.01. The molecule has 0 saturated carbocycles. The zero-order valence-electron chi connectivity index (χ0n) is 24.0. The molecule has 3 aromatic rings. The van der Waals surface area contributed by atoms with Crippen LogP contribution in [0.15, 0.2) is 72.9 Å². The minimum Gasteiger partial charge on any atom is -0.446 e. The SMILES string of the molecule is CN(CCN1CCC(OC(=O)Nc2ccccc2-c2ccccc2)CC1)C(=O)c1ccc(CN2CCNC(=O)C2)cn1. The van der Waals surface area contributed by atoms with Crippen LogP contribution in [0.25, 0.3) is 11.1 Å². The molecular weight excluding hydrogens is 532 g/mol. The van der Waals surface area contributed by atoms with Gasteiger partial charge < -0.3 is 19.9 Å². The van der Waals surface area contributed by atoms with E-state index in [1.807, 2.05) is 60.7 Å². The molecule has 220 valence electrons. The maximum absolute atomic E-state index is 12.9. The third-order valence-electron chi connectivity index (χ3n) is 7.72. The van der Waals surface area contributed by atoms with E-state index in [1.54, 1.807) is 24.2 Å². The number of para-hydroxylation sites is 1. The van der Waals surface area contributed by atoms with Gasteiger partial charge in [0.1, 0.15) is 11.8 Å². The van der Waals surface area contributed by atoms with Crippen molar-refractivity contribution in [2.24, 2.45) is 0 Å². The molecule has 1 aromatic heterocycles. The van der Waals surface area contributed by atoms with Crippen LogP contribution in [-0.2, 0) is 16.1 Å². The highest BCUT2D eigenvalue weighted by Crippen LogP contribution is 2.28. The van der Waals surface area contributed by atoms with Gasteiger partial charge in [-0.1, -0.05) is 54.6 Å². The molecule has 0 bridgehead atoms. The van der Waals surface area contributed by atoms with E-state index in [0.717, 1.165) is 61.4 Å². The number of amides is 3. The number of piperidine rings is 1. The average molecular weight is 571 g/mol. The van der Waals surface area contributed by atoms with Crippen LogP contribution >= 0.6 is 0 Å². The number of pyridine rings is 1. The molecule has 2 fully saturated rings. The number of ether oxygens (including phenoxy) is 1. The summed E-state index contributed by atoms with van der Waals surface area (Å²) in [5, 5.41) is 5.74. The van der Waals surface area contributed by atoms with E-state index in [2.05, 4.69) is 25.4 Å². The van der Waals surface area contributed by atoms with Gasteiger partial charge in [-0.2, -0.15) is 0 Å². The monoisotopic (exact) mass is 570 g/mol. The Morgan fingerprint density at radius 1 is 1.00 bits per heavy atom. The van der Waals surface area contributed by atoms with Gasteiger partial charge >= 0.3 is 6.09 Å². The van der Waals surface area contributed by atoms with E-state index in [-0.39, 0.29) is 17.9 Å². The lowest BCUT2D eigenvalue weighted by atomic mass is 10.0. The van der Waals surface area contributed by atoms with E-state index < -0.39 is 6.09 Å². The first-order valence-electron chi connectivity index (χ1n) is 14.5. The number of nitrogens with zero attached hydrogens (tertiary/aromatic N) is 4. The summed E-state index contributed by atoms with van der Waals surface area (Å²) in [7, 11) is 1.79. The Kier molecular flexibility index (Phi) is 9.78. The zero-order chi connectivity index (χ0) is 29.3. The minimum atomic E-state index is -0.442. The lowest BCUT2D eigenvalue weighted by Gasteiger charge is -2.32. The highest BCUT2D eigenvalue weighted by atomic mass is 16.6. The number of piperazine rings is 1. The van der Waals surface area contributed by atoms with Crippen LogP contribution in [0.1, 0.15) is 28.9 Å². The molecule has 3 amide bonds. The Balaban J connectivity index is 1.03. The molecule has 10 heteroatoms. The van der Waals surface area contributed by atoms with Crippen molar-refractivity contribution in [2.45, 2.75) is 25.5 Å². The van der Waals surface area contributed by atoms with Crippen molar-refractivity contribution >= 4 is 23.6 Å². The predicted molar refractivity (Wildman–Crippen MR) is 161 cm³/mol. The Labute approximate surface area is 246 Å². The summed E-state index contributed by atoms with van der Waals surface area (Å²) < 4.78 is 5.75. The summed E-state index contributed by atoms with van der Waals surface area (Å²) >= 11 is 0. The molecule has 0 radical (unpaired) electrons. The number of anilines is 1. The van der Waals surface area contributed by atoms with Crippen LogP contribution in [0.3, 0.4) is 0 Å². The van der Waals surface area contributed by atoms with Crippen molar-refractivity contribution in [3.63, 3.8) is 0 Å². The normalized spacial score (nSPS) is 16.5. The summed E-state index contributed by atoms with van der Waals surface area (Å²) in [4.78, 5) is 47.6. The van der Waals surface area contributed by atoms with Crippen LogP contribution in [0.4, 0.5) is 10.5 Å². The standard InChI is InChI=1S/C32H38N6O4/c1-36(31(40)29-12-11-24(21-34-29)22-38-18-15-33-30(39)23-38)19-20-37-16-13-26(14-17-37)42-32(41)35-28-10-6-5-9-27(28)25-7-3-2-4-8-25/h2-12,21,26H,13-20,22-23H2,1H3,(H,33,39)(H,35,41). The summed E-state index contributed by atoms with van der Waals surface area (Å²) in [5.74, 6) is -0.0878. The maximum atomic E-state index is 12.9. The van der Waals surface area contributed by atoms with Crippen LogP contribution in [-0.4, -0.2) is 96.6 Å². The molecule has 2 aliphatic heterocycles. The van der Waals surface area contributed by atoms with E-state index in [1.165, 1.54) is 0 Å². The highest BCUT2D eigenvalue weighted by Gasteiger charge is 2.24. The van der Waals surface area contributed by atoms with Crippen molar-refractivity contribution in [2.75, 3.05) is 58.2 Å². The Hall–Kier alpha value is -4.28. The zero-order valence-corrected chi connectivity index (χ0v) is 24.0. The highest BCUT2D eigenvalue weighted by molar-refractivity contribution is 5.92. The fraction of sp³-hybridized carbons (Fsp3) is 0.375. The maximum Gasteiger partial charge on any atom is 0.411 e. The van der Waals surface area contributed by atoms with Gasteiger partial charge in [0.15, 0.2) is 0 Å². The topological polar surface area (TPSA) is 107 Å². The van der Waals surface area contributed by atoms with E-state index in [0.29, 0.717) is 31.9 Å². The van der Waals surface area contributed by atoms with Gasteiger partial charge in [0.25, 0.3) is 5.91 Å². The Bertz CT molecular complexity index is 1360. The summed E-state index contributed by atoms with van der Waals surface area (Å²) in [6, 6.07) is 21.3. The number of aromatic nitrogens is 1. The first kappa shape index (κ1) is 29.2. The molecule has 0 unspecified atom stereocenters. The molecule has 3 heterocycles. The summed E-state index contributed by atoms with van der Waals surface area (Å²) in [5.41, 5.74) is 4.08. The third kappa shape index (κ3) is 7.92. The predicted octanol–water partition coefficient (Wildman–Crippen LogP) is 3.47. The second-order valence-electron chi connectivity index (χ2n) is 10.8. The lowest BCUT2D eigenvalue weighted by molar-refractivity contribution is -0.124. The first-order valence-corrected chi connectivity index (χ1v) is 14.5. The minimum absolute atomic E-state index is 0.0329. The quantitative estimate of drug-likeness (QED) is 0.406. The van der Waals surface area contributed by atoms with Crippen LogP contribution < -0.4 is 10.6 Å². The van der Waals surface area contributed by atoms with E-state index in [4.69, 9.17) is 4.74 Å². The van der Waals surface area contributed by atoms with Crippen LogP contribution in [0.2, 0.25) is 0 Å². The molecule has 0 atom stereocenters. The number of likely N-dealkylation sites (tertiary alicyclic amines) is 1. The second-order valence-corrected chi connectivity index (χ2v) is 10.8. The summed E-state index contributed by atoms with van der Waals surface area (Å²) in [6.07, 6.45) is 2.61. The van der Waals surface area contributed by atoms with Crippen molar-refractivity contribution in [1.82, 2.24) is 25.0 Å².